The van der Waals surface area contributed by atoms with E-state index >= 15 is 0 Å². The van der Waals surface area contributed by atoms with E-state index in [0.717, 1.165) is 11.1 Å². The van der Waals surface area contributed by atoms with Crippen LogP contribution in [0.1, 0.15) is 19.4 Å². The van der Waals surface area contributed by atoms with Crippen LogP contribution in [0.2, 0.25) is 0 Å². The normalized spacial score (nSPS) is 12.2. The first-order valence-electron chi connectivity index (χ1n) is 4.83. The highest BCUT2D eigenvalue weighted by Gasteiger charge is 2.13. The molecule has 0 atom stereocenters. The lowest BCUT2D eigenvalue weighted by Crippen LogP contribution is -2.21. The van der Waals surface area contributed by atoms with Crippen molar-refractivity contribution in [3.63, 3.8) is 0 Å². The maximum absolute atomic E-state index is 9.68. The second-order valence-electron chi connectivity index (χ2n) is 4.39. The Kier molecular flexibility index (Phi) is 2.08. The first kappa shape index (κ1) is 9.28. The molecule has 0 bridgehead atoms. The molecule has 0 radical (unpaired) electrons. The summed E-state index contributed by atoms with van der Waals surface area (Å²) in [5.41, 5.74) is 1.65. The molecule has 1 aromatic carbocycles. The van der Waals surface area contributed by atoms with Crippen molar-refractivity contribution in [1.82, 2.24) is 4.98 Å². The average molecular weight is 189 g/mol. The molecular weight excluding hydrogens is 174 g/mol. The Hall–Kier alpha value is -1.28. The Balaban J connectivity index is 2.35. The minimum Gasteiger partial charge on any atom is -0.390 e. The fourth-order valence-corrected chi connectivity index (χ4v) is 1.70. The maximum atomic E-state index is 9.68. The van der Waals surface area contributed by atoms with Crippen molar-refractivity contribution in [1.29, 1.82) is 0 Å². The number of nitrogens with one attached hydrogen (secondary N) is 1. The highest BCUT2D eigenvalue weighted by molar-refractivity contribution is 5.79. The number of hydrogen-bond acceptors (Lipinski definition) is 1. The van der Waals surface area contributed by atoms with Crippen molar-refractivity contribution in [3.8, 4) is 0 Å². The molecule has 0 saturated heterocycles. The molecule has 0 fully saturated rings. The number of H-pyrrole nitrogens is 1. The van der Waals surface area contributed by atoms with Gasteiger partial charge in [0.2, 0.25) is 0 Å². The summed E-state index contributed by atoms with van der Waals surface area (Å²) >= 11 is 0. The van der Waals surface area contributed by atoms with Crippen molar-refractivity contribution < 1.29 is 5.11 Å². The van der Waals surface area contributed by atoms with Gasteiger partial charge in [-0.05, 0) is 36.9 Å². The van der Waals surface area contributed by atoms with Crippen molar-refractivity contribution >= 4 is 10.9 Å². The summed E-state index contributed by atoms with van der Waals surface area (Å²) in [4.78, 5) is 3.16. The number of aliphatic hydroxyl groups is 1. The Bertz CT molecular complexity index is 437. The molecule has 2 nitrogen and oxygen atoms in total. The van der Waals surface area contributed by atoms with E-state index in [1.807, 2.05) is 26.1 Å². The molecule has 2 aromatic rings. The van der Waals surface area contributed by atoms with Gasteiger partial charge in [0.05, 0.1) is 5.60 Å². The summed E-state index contributed by atoms with van der Waals surface area (Å²) in [6.45, 7) is 3.65. The highest BCUT2D eigenvalue weighted by Crippen LogP contribution is 2.18. The minimum absolute atomic E-state index is 0.639. The number of rotatable bonds is 2. The fourth-order valence-electron chi connectivity index (χ4n) is 1.70. The minimum atomic E-state index is -0.639. The zero-order chi connectivity index (χ0) is 10.2. The SMILES string of the molecule is CC(C)(O)Cc1ccc2cc[nH]c2c1. The molecule has 74 valence electrons. The number of fused-ring (bicyclic) bond motifs is 1. The lowest BCUT2D eigenvalue weighted by Gasteiger charge is -2.16. The van der Waals surface area contributed by atoms with E-state index in [1.54, 1.807) is 0 Å². The molecule has 14 heavy (non-hydrogen) atoms. The molecule has 2 heteroatoms. The lowest BCUT2D eigenvalue weighted by molar-refractivity contribution is 0.0810. The predicted octanol–water partition coefficient (Wildman–Crippen LogP) is 2.48. The number of aromatic nitrogens is 1. The molecule has 1 heterocycles. The van der Waals surface area contributed by atoms with E-state index in [1.165, 1.54) is 5.39 Å². The third-order valence-electron chi connectivity index (χ3n) is 2.26. The molecule has 0 saturated carbocycles. The van der Waals surface area contributed by atoms with Gasteiger partial charge in [0, 0.05) is 18.1 Å². The van der Waals surface area contributed by atoms with E-state index < -0.39 is 5.60 Å². The summed E-state index contributed by atoms with van der Waals surface area (Å²) < 4.78 is 0. The molecule has 2 N–H and O–H groups in total. The predicted molar refractivity (Wildman–Crippen MR) is 58.3 cm³/mol. The van der Waals surface area contributed by atoms with Crippen LogP contribution in [-0.2, 0) is 6.42 Å². The molecule has 0 unspecified atom stereocenters. The van der Waals surface area contributed by atoms with Crippen molar-refractivity contribution in [2.75, 3.05) is 0 Å². The van der Waals surface area contributed by atoms with Crippen LogP contribution in [0.3, 0.4) is 0 Å². The van der Waals surface area contributed by atoms with Crippen LogP contribution in [0.5, 0.6) is 0 Å². The molecule has 2 rings (SSSR count). The van der Waals surface area contributed by atoms with Gasteiger partial charge in [-0.1, -0.05) is 12.1 Å². The first-order valence-corrected chi connectivity index (χ1v) is 4.83. The second kappa shape index (κ2) is 3.14. The van der Waals surface area contributed by atoms with Gasteiger partial charge in [-0.2, -0.15) is 0 Å². The molecule has 0 aliphatic rings. The second-order valence-corrected chi connectivity index (χ2v) is 4.39. The van der Waals surface area contributed by atoms with Crippen LogP contribution in [0.25, 0.3) is 10.9 Å². The molecule has 0 aliphatic heterocycles. The number of hydrogen-bond donors (Lipinski definition) is 2. The highest BCUT2D eigenvalue weighted by atomic mass is 16.3. The average Bonchev–Trinajstić information content (AvgIpc) is 2.47. The fraction of sp³-hybridized carbons (Fsp3) is 0.333. The molecule has 0 spiro atoms. The lowest BCUT2D eigenvalue weighted by atomic mass is 9.98. The van der Waals surface area contributed by atoms with E-state index in [-0.39, 0.29) is 0 Å². The monoisotopic (exact) mass is 189 g/mol. The van der Waals surface area contributed by atoms with Crippen LogP contribution >= 0.6 is 0 Å². The number of benzene rings is 1. The van der Waals surface area contributed by atoms with Crippen molar-refractivity contribution in [3.05, 3.63) is 36.0 Å². The van der Waals surface area contributed by atoms with E-state index in [4.69, 9.17) is 0 Å². The van der Waals surface area contributed by atoms with Crippen LogP contribution in [0.4, 0.5) is 0 Å². The number of aromatic amines is 1. The van der Waals surface area contributed by atoms with Gasteiger partial charge in [0.15, 0.2) is 0 Å². The standard InChI is InChI=1S/C12H15NO/c1-12(2,14)8-9-3-4-10-5-6-13-11(10)7-9/h3-7,13-14H,8H2,1-2H3. The summed E-state index contributed by atoms with van der Waals surface area (Å²) in [7, 11) is 0. The van der Waals surface area contributed by atoms with E-state index in [0.29, 0.717) is 6.42 Å². The van der Waals surface area contributed by atoms with Gasteiger partial charge < -0.3 is 10.1 Å². The summed E-state index contributed by atoms with van der Waals surface area (Å²) in [6, 6.07) is 8.28. The van der Waals surface area contributed by atoms with Crippen LogP contribution in [-0.4, -0.2) is 15.7 Å². The van der Waals surface area contributed by atoms with Gasteiger partial charge in [0.25, 0.3) is 0 Å². The van der Waals surface area contributed by atoms with Crippen LogP contribution in [0, 0.1) is 0 Å². The Labute approximate surface area is 83.6 Å². The van der Waals surface area contributed by atoms with E-state index in [2.05, 4.69) is 23.2 Å². The topological polar surface area (TPSA) is 36.0 Å². The smallest absolute Gasteiger partial charge is 0.0631 e. The van der Waals surface area contributed by atoms with Crippen LogP contribution in [0.15, 0.2) is 30.5 Å². The zero-order valence-corrected chi connectivity index (χ0v) is 8.54. The van der Waals surface area contributed by atoms with Crippen molar-refractivity contribution in [2.24, 2.45) is 0 Å². The van der Waals surface area contributed by atoms with E-state index in [9.17, 15) is 5.11 Å². The quantitative estimate of drug-likeness (QED) is 0.748. The zero-order valence-electron chi connectivity index (χ0n) is 8.54. The Morgan fingerprint density at radius 2 is 2.07 bits per heavy atom. The third-order valence-corrected chi connectivity index (χ3v) is 2.26. The molecule has 0 aliphatic carbocycles. The van der Waals surface area contributed by atoms with Gasteiger partial charge in [0.1, 0.15) is 0 Å². The largest absolute Gasteiger partial charge is 0.390 e. The Morgan fingerprint density at radius 1 is 1.29 bits per heavy atom. The maximum Gasteiger partial charge on any atom is 0.0631 e. The van der Waals surface area contributed by atoms with Gasteiger partial charge in [-0.25, -0.2) is 0 Å². The van der Waals surface area contributed by atoms with Crippen molar-refractivity contribution in [2.45, 2.75) is 25.9 Å². The molecular formula is C12H15NO. The van der Waals surface area contributed by atoms with Gasteiger partial charge >= 0.3 is 0 Å². The Morgan fingerprint density at radius 3 is 2.79 bits per heavy atom. The first-order chi connectivity index (χ1) is 6.54. The molecule has 1 aromatic heterocycles. The summed E-state index contributed by atoms with van der Waals surface area (Å²) in [5, 5.41) is 10.9. The van der Waals surface area contributed by atoms with Gasteiger partial charge in [-0.15, -0.1) is 0 Å². The van der Waals surface area contributed by atoms with Gasteiger partial charge in [-0.3, -0.25) is 0 Å². The molecule has 0 amide bonds. The summed E-state index contributed by atoms with van der Waals surface area (Å²) in [6.07, 6.45) is 2.61. The summed E-state index contributed by atoms with van der Waals surface area (Å²) in [5.74, 6) is 0. The third kappa shape index (κ3) is 1.96. The van der Waals surface area contributed by atoms with Crippen LogP contribution < -0.4 is 0 Å².